The molecule has 6 rings (SSSR count). The van der Waals surface area contributed by atoms with Crippen LogP contribution in [0.2, 0.25) is 0 Å². The van der Waals surface area contributed by atoms with Gasteiger partial charge in [-0.15, -0.1) is 0 Å². The van der Waals surface area contributed by atoms with Gasteiger partial charge in [-0.1, -0.05) is 49.4 Å². The standard InChI is InChI=1S/C33H34FN3O4/c1-4-17-41-27-14-13-22(18-28(27)40-3)24-19-37-29(38)20-36(16-15-21-9-5-7-11-25(21)34)32(39)33(37,2)31-30(24)23-10-6-8-12-26(23)35-31/h5-14,18,24,35H,4,15-17,19-20H2,1-3H3/t24?,33-/m0/s1. The van der Waals surface area contributed by atoms with E-state index in [1.54, 1.807) is 35.1 Å². The van der Waals surface area contributed by atoms with E-state index in [4.69, 9.17) is 9.47 Å². The van der Waals surface area contributed by atoms with Crippen LogP contribution in [-0.4, -0.2) is 59.9 Å². The van der Waals surface area contributed by atoms with Crippen LogP contribution in [0, 0.1) is 5.82 Å². The van der Waals surface area contributed by atoms with Crippen molar-refractivity contribution in [3.63, 3.8) is 0 Å². The smallest absolute Gasteiger partial charge is 0.254 e. The second-order valence-corrected chi connectivity index (χ2v) is 10.9. The maximum atomic E-state index is 14.3. The van der Waals surface area contributed by atoms with Crippen molar-refractivity contribution in [2.45, 2.75) is 38.1 Å². The van der Waals surface area contributed by atoms with Gasteiger partial charge in [0, 0.05) is 29.9 Å². The molecule has 2 atom stereocenters. The van der Waals surface area contributed by atoms with Gasteiger partial charge in [0.2, 0.25) is 5.91 Å². The van der Waals surface area contributed by atoms with Crippen LogP contribution in [0.4, 0.5) is 4.39 Å². The van der Waals surface area contributed by atoms with Crippen LogP contribution >= 0.6 is 0 Å². The van der Waals surface area contributed by atoms with Crippen molar-refractivity contribution in [2.24, 2.45) is 0 Å². The number of aromatic nitrogens is 1. The SMILES string of the molecule is CCCOc1ccc(C2CN3C(=O)CN(CCc4ccccc4F)C(=O)[C@]3(C)c3[nH]c4ccccc4c32)cc1OC. The molecule has 0 radical (unpaired) electrons. The normalized spacial score (nSPS) is 20.2. The van der Waals surface area contributed by atoms with Gasteiger partial charge in [0.25, 0.3) is 5.91 Å². The minimum absolute atomic E-state index is 0.0434. The summed E-state index contributed by atoms with van der Waals surface area (Å²) in [7, 11) is 1.62. The van der Waals surface area contributed by atoms with E-state index in [0.29, 0.717) is 42.3 Å². The summed E-state index contributed by atoms with van der Waals surface area (Å²) in [6.45, 7) is 5.02. The van der Waals surface area contributed by atoms with Gasteiger partial charge < -0.3 is 24.3 Å². The van der Waals surface area contributed by atoms with E-state index < -0.39 is 5.54 Å². The monoisotopic (exact) mass is 555 g/mol. The summed E-state index contributed by atoms with van der Waals surface area (Å²) in [4.78, 5) is 34.8. The number of methoxy groups -OCH3 is 1. The van der Waals surface area contributed by atoms with E-state index in [1.807, 2.05) is 43.3 Å². The molecule has 4 aromatic rings. The van der Waals surface area contributed by atoms with Crippen molar-refractivity contribution in [2.75, 3.05) is 33.4 Å². The van der Waals surface area contributed by atoms with Gasteiger partial charge in [0.1, 0.15) is 5.82 Å². The van der Waals surface area contributed by atoms with E-state index in [1.165, 1.54) is 6.07 Å². The first-order chi connectivity index (χ1) is 19.9. The maximum Gasteiger partial charge on any atom is 0.254 e. The van der Waals surface area contributed by atoms with E-state index in [0.717, 1.165) is 28.5 Å². The van der Waals surface area contributed by atoms with E-state index >= 15 is 0 Å². The number of carbonyl (C=O) groups excluding carboxylic acids is 2. The van der Waals surface area contributed by atoms with Crippen LogP contribution in [0.15, 0.2) is 66.7 Å². The molecule has 3 aromatic carbocycles. The number of nitrogens with zero attached hydrogens (tertiary/aromatic N) is 2. The first-order valence-electron chi connectivity index (χ1n) is 14.1. The van der Waals surface area contributed by atoms with Gasteiger partial charge in [-0.3, -0.25) is 9.59 Å². The molecule has 2 amide bonds. The van der Waals surface area contributed by atoms with Crippen molar-refractivity contribution >= 4 is 22.7 Å². The molecular weight excluding hydrogens is 521 g/mol. The van der Waals surface area contributed by atoms with E-state index in [9.17, 15) is 14.0 Å². The first-order valence-corrected chi connectivity index (χ1v) is 14.1. The zero-order valence-electron chi connectivity index (χ0n) is 23.6. The minimum Gasteiger partial charge on any atom is -0.493 e. The Hall–Kier alpha value is -4.33. The summed E-state index contributed by atoms with van der Waals surface area (Å²) in [6.07, 6.45) is 1.21. The molecule has 0 bridgehead atoms. The Balaban J connectivity index is 1.42. The fourth-order valence-corrected chi connectivity index (χ4v) is 6.34. The third-order valence-corrected chi connectivity index (χ3v) is 8.48. The lowest BCUT2D eigenvalue weighted by molar-refractivity contribution is -0.166. The number of carbonyl (C=O) groups is 2. The lowest BCUT2D eigenvalue weighted by Crippen LogP contribution is -2.67. The summed E-state index contributed by atoms with van der Waals surface area (Å²) in [6, 6.07) is 20.4. The Morgan fingerprint density at radius 2 is 1.83 bits per heavy atom. The quantitative estimate of drug-likeness (QED) is 0.317. The van der Waals surface area contributed by atoms with Crippen LogP contribution < -0.4 is 9.47 Å². The number of rotatable bonds is 8. The molecule has 0 saturated carbocycles. The van der Waals surface area contributed by atoms with Crippen LogP contribution in [0.5, 0.6) is 11.5 Å². The predicted molar refractivity (Wildman–Crippen MR) is 155 cm³/mol. The predicted octanol–water partition coefficient (Wildman–Crippen LogP) is 5.38. The Labute approximate surface area is 238 Å². The maximum absolute atomic E-state index is 14.3. The highest BCUT2D eigenvalue weighted by atomic mass is 19.1. The molecule has 3 heterocycles. The summed E-state index contributed by atoms with van der Waals surface area (Å²) >= 11 is 0. The highest BCUT2D eigenvalue weighted by Gasteiger charge is 2.56. The third-order valence-electron chi connectivity index (χ3n) is 8.48. The van der Waals surface area contributed by atoms with Crippen molar-refractivity contribution in [1.29, 1.82) is 0 Å². The van der Waals surface area contributed by atoms with Crippen LogP contribution in [-0.2, 0) is 21.5 Å². The number of aromatic amines is 1. The van der Waals surface area contributed by atoms with Crippen molar-refractivity contribution in [3.05, 3.63) is 94.9 Å². The molecule has 41 heavy (non-hydrogen) atoms. The number of halogens is 1. The number of nitrogens with one attached hydrogen (secondary N) is 1. The van der Waals surface area contributed by atoms with E-state index in [2.05, 4.69) is 18.0 Å². The van der Waals surface area contributed by atoms with Gasteiger partial charge in [-0.25, -0.2) is 4.39 Å². The highest BCUT2D eigenvalue weighted by Crippen LogP contribution is 2.49. The molecule has 0 aliphatic carbocycles. The molecule has 1 N–H and O–H groups in total. The van der Waals surface area contributed by atoms with Gasteiger partial charge in [0.05, 0.1) is 26.0 Å². The van der Waals surface area contributed by atoms with Crippen molar-refractivity contribution in [3.8, 4) is 11.5 Å². The number of hydrogen-bond donors (Lipinski definition) is 1. The molecule has 1 saturated heterocycles. The summed E-state index contributed by atoms with van der Waals surface area (Å²) in [5.74, 6) is 0.505. The minimum atomic E-state index is -1.22. The number of hydrogen-bond acceptors (Lipinski definition) is 4. The van der Waals surface area contributed by atoms with Gasteiger partial charge >= 0.3 is 0 Å². The first kappa shape index (κ1) is 26.9. The van der Waals surface area contributed by atoms with Crippen LogP contribution in [0.25, 0.3) is 10.9 Å². The van der Waals surface area contributed by atoms with Crippen LogP contribution in [0.1, 0.15) is 48.6 Å². The molecule has 212 valence electrons. The fraction of sp³-hybridized carbons (Fsp3) is 0.333. The molecular formula is C33H34FN3O4. The highest BCUT2D eigenvalue weighted by molar-refractivity contribution is 6.01. The molecule has 1 aromatic heterocycles. The third kappa shape index (κ3) is 4.42. The topological polar surface area (TPSA) is 74.9 Å². The zero-order valence-corrected chi connectivity index (χ0v) is 23.6. The van der Waals surface area contributed by atoms with E-state index in [-0.39, 0.29) is 36.6 Å². The number of fused-ring (bicyclic) bond motifs is 5. The Bertz CT molecular complexity index is 1630. The Kier molecular flexibility index (Phi) is 6.93. The largest absolute Gasteiger partial charge is 0.493 e. The molecule has 8 heteroatoms. The number of benzene rings is 3. The number of H-pyrrole nitrogens is 1. The number of amides is 2. The molecule has 7 nitrogen and oxygen atoms in total. The molecule has 0 spiro atoms. The lowest BCUT2D eigenvalue weighted by atomic mass is 9.76. The average Bonchev–Trinajstić information content (AvgIpc) is 3.39. The van der Waals surface area contributed by atoms with Gasteiger partial charge in [-0.2, -0.15) is 0 Å². The summed E-state index contributed by atoms with van der Waals surface area (Å²) < 4.78 is 25.9. The fourth-order valence-electron chi connectivity index (χ4n) is 6.34. The van der Waals surface area contributed by atoms with Gasteiger partial charge in [0.15, 0.2) is 17.0 Å². The average molecular weight is 556 g/mol. The van der Waals surface area contributed by atoms with Gasteiger partial charge in [-0.05, 0) is 60.7 Å². The second kappa shape index (κ2) is 10.6. The molecule has 1 unspecified atom stereocenters. The summed E-state index contributed by atoms with van der Waals surface area (Å²) in [5, 5.41) is 1.02. The molecule has 2 aliphatic heterocycles. The molecule has 1 fully saturated rings. The van der Waals surface area contributed by atoms with Crippen molar-refractivity contribution < 1.29 is 23.5 Å². The summed E-state index contributed by atoms with van der Waals surface area (Å²) in [5.41, 5.74) is 2.90. The number of ether oxygens (including phenoxy) is 2. The zero-order chi connectivity index (χ0) is 28.7. The number of para-hydroxylation sites is 1. The lowest BCUT2D eigenvalue weighted by Gasteiger charge is -2.51. The van der Waals surface area contributed by atoms with Crippen LogP contribution in [0.3, 0.4) is 0 Å². The van der Waals surface area contributed by atoms with Crippen molar-refractivity contribution in [1.82, 2.24) is 14.8 Å². The molecule has 2 aliphatic rings. The number of piperazine rings is 1. The second-order valence-electron chi connectivity index (χ2n) is 10.9. The Morgan fingerprint density at radius 1 is 1.05 bits per heavy atom. The Morgan fingerprint density at radius 3 is 2.61 bits per heavy atom.